The molecule has 0 amide bonds. The normalized spacial score (nSPS) is 15.5. The molecule has 0 bridgehead atoms. The van der Waals surface area contributed by atoms with Gasteiger partial charge in [-0.1, -0.05) is 0 Å². The standard InChI is InChI=1S/C18H20N2O5S2/c1-2-25-18(22)14-3-6-16(7-4-14)27(23,24)20-11-9-19(10-12-20)17-8-5-15(13-21)26-17/h3-8,13H,2,9-12H2,1H3. The van der Waals surface area contributed by atoms with Gasteiger partial charge in [0.05, 0.1) is 26.9 Å². The molecule has 0 aliphatic carbocycles. The Hall–Kier alpha value is -2.23. The number of carbonyl (C=O) groups is 2. The molecule has 144 valence electrons. The molecule has 1 aliphatic rings. The molecule has 0 atom stereocenters. The average Bonchev–Trinajstić information content (AvgIpc) is 3.18. The summed E-state index contributed by atoms with van der Waals surface area (Å²) in [5.74, 6) is -0.472. The van der Waals surface area contributed by atoms with Crippen molar-refractivity contribution in [2.24, 2.45) is 0 Å². The zero-order valence-corrected chi connectivity index (χ0v) is 16.5. The number of hydrogen-bond acceptors (Lipinski definition) is 7. The quantitative estimate of drug-likeness (QED) is 0.538. The number of nitrogens with zero attached hydrogens (tertiary/aromatic N) is 2. The van der Waals surface area contributed by atoms with Gasteiger partial charge in [0.25, 0.3) is 0 Å². The molecule has 1 fully saturated rings. The van der Waals surface area contributed by atoms with E-state index in [0.717, 1.165) is 11.3 Å². The van der Waals surface area contributed by atoms with Crippen molar-refractivity contribution in [1.29, 1.82) is 0 Å². The van der Waals surface area contributed by atoms with Crippen LogP contribution < -0.4 is 4.90 Å². The van der Waals surface area contributed by atoms with Crippen molar-refractivity contribution in [3.05, 3.63) is 46.8 Å². The Morgan fingerprint density at radius 2 is 1.78 bits per heavy atom. The van der Waals surface area contributed by atoms with E-state index >= 15 is 0 Å². The molecule has 0 unspecified atom stereocenters. The van der Waals surface area contributed by atoms with Crippen LogP contribution in [0, 0.1) is 0 Å². The van der Waals surface area contributed by atoms with Crippen LogP contribution >= 0.6 is 11.3 Å². The Morgan fingerprint density at radius 3 is 2.33 bits per heavy atom. The molecule has 1 aromatic heterocycles. The minimum atomic E-state index is -3.62. The van der Waals surface area contributed by atoms with Crippen molar-refractivity contribution < 1.29 is 22.7 Å². The van der Waals surface area contributed by atoms with Crippen LogP contribution in [0.1, 0.15) is 27.0 Å². The first kappa shape index (κ1) is 19.5. The molecule has 9 heteroatoms. The van der Waals surface area contributed by atoms with E-state index in [2.05, 4.69) is 4.90 Å². The van der Waals surface area contributed by atoms with Gasteiger partial charge in [0.15, 0.2) is 6.29 Å². The zero-order chi connectivity index (χ0) is 19.4. The lowest BCUT2D eigenvalue weighted by molar-refractivity contribution is 0.0526. The van der Waals surface area contributed by atoms with Crippen molar-refractivity contribution in [1.82, 2.24) is 4.31 Å². The van der Waals surface area contributed by atoms with Crippen molar-refractivity contribution in [3.8, 4) is 0 Å². The van der Waals surface area contributed by atoms with Crippen molar-refractivity contribution >= 4 is 38.6 Å². The minimum absolute atomic E-state index is 0.156. The first-order valence-electron chi connectivity index (χ1n) is 8.53. The van der Waals surface area contributed by atoms with Gasteiger partial charge in [-0.15, -0.1) is 11.3 Å². The van der Waals surface area contributed by atoms with Crippen LogP contribution in [0.2, 0.25) is 0 Å². The number of hydrogen-bond donors (Lipinski definition) is 0. The third-order valence-corrected chi connectivity index (χ3v) is 7.27. The Bertz CT molecular complexity index is 913. The van der Waals surface area contributed by atoms with E-state index in [0.29, 0.717) is 36.6 Å². The van der Waals surface area contributed by atoms with Gasteiger partial charge < -0.3 is 9.64 Å². The smallest absolute Gasteiger partial charge is 0.338 e. The highest BCUT2D eigenvalue weighted by Gasteiger charge is 2.29. The van der Waals surface area contributed by atoms with E-state index in [9.17, 15) is 18.0 Å². The highest BCUT2D eigenvalue weighted by atomic mass is 32.2. The van der Waals surface area contributed by atoms with E-state index < -0.39 is 16.0 Å². The molecular weight excluding hydrogens is 388 g/mol. The largest absolute Gasteiger partial charge is 0.462 e. The maximum atomic E-state index is 12.8. The monoisotopic (exact) mass is 408 g/mol. The molecule has 27 heavy (non-hydrogen) atoms. The van der Waals surface area contributed by atoms with Gasteiger partial charge in [-0.05, 0) is 43.3 Å². The SMILES string of the molecule is CCOC(=O)c1ccc(S(=O)(=O)N2CCN(c3ccc(C=O)s3)CC2)cc1. The fourth-order valence-corrected chi connectivity index (χ4v) is 5.15. The lowest BCUT2D eigenvalue weighted by Crippen LogP contribution is -2.48. The second kappa shape index (κ2) is 8.20. The number of carbonyl (C=O) groups excluding carboxylic acids is 2. The van der Waals surface area contributed by atoms with Crippen LogP contribution in [0.15, 0.2) is 41.3 Å². The van der Waals surface area contributed by atoms with Crippen LogP contribution in [-0.2, 0) is 14.8 Å². The molecule has 0 N–H and O–H groups in total. The third-order valence-electron chi connectivity index (χ3n) is 4.28. The maximum Gasteiger partial charge on any atom is 0.338 e. The summed E-state index contributed by atoms with van der Waals surface area (Å²) in [6, 6.07) is 9.45. The summed E-state index contributed by atoms with van der Waals surface area (Å²) >= 11 is 1.40. The van der Waals surface area contributed by atoms with E-state index in [1.807, 2.05) is 6.07 Å². The van der Waals surface area contributed by atoms with Crippen LogP contribution in [0.5, 0.6) is 0 Å². The van der Waals surface area contributed by atoms with Gasteiger partial charge in [0.2, 0.25) is 10.0 Å². The first-order valence-corrected chi connectivity index (χ1v) is 10.8. The fraction of sp³-hybridized carbons (Fsp3) is 0.333. The number of ether oxygens (including phenoxy) is 1. The van der Waals surface area contributed by atoms with Crippen molar-refractivity contribution in [2.75, 3.05) is 37.7 Å². The number of thiophene rings is 1. The summed E-state index contributed by atoms with van der Waals surface area (Å²) in [5.41, 5.74) is 0.323. The predicted octanol–water partition coefficient (Wildman–Crippen LogP) is 2.25. The predicted molar refractivity (Wildman–Crippen MR) is 103 cm³/mol. The molecule has 1 aliphatic heterocycles. The van der Waals surface area contributed by atoms with Crippen molar-refractivity contribution in [3.63, 3.8) is 0 Å². The second-order valence-corrected chi connectivity index (χ2v) is 8.96. The lowest BCUT2D eigenvalue weighted by Gasteiger charge is -2.34. The summed E-state index contributed by atoms with van der Waals surface area (Å²) in [6.07, 6.45) is 0.814. The molecule has 3 rings (SSSR count). The molecule has 0 radical (unpaired) electrons. The van der Waals surface area contributed by atoms with Crippen LogP contribution in [0.4, 0.5) is 5.00 Å². The highest BCUT2D eigenvalue weighted by Crippen LogP contribution is 2.27. The summed E-state index contributed by atoms with van der Waals surface area (Å²) in [7, 11) is -3.62. The molecule has 7 nitrogen and oxygen atoms in total. The summed E-state index contributed by atoms with van der Waals surface area (Å²) < 4.78 is 32.0. The first-order chi connectivity index (χ1) is 13.0. The molecule has 1 aromatic carbocycles. The molecular formula is C18H20N2O5S2. The van der Waals surface area contributed by atoms with Crippen LogP contribution in [-0.4, -0.2) is 57.8 Å². The molecule has 1 saturated heterocycles. The van der Waals surface area contributed by atoms with Gasteiger partial charge in [-0.2, -0.15) is 4.31 Å². The molecule has 2 aromatic rings. The number of rotatable bonds is 6. The number of piperazine rings is 1. The van der Waals surface area contributed by atoms with Crippen molar-refractivity contribution in [2.45, 2.75) is 11.8 Å². The van der Waals surface area contributed by atoms with E-state index in [1.54, 1.807) is 13.0 Å². The zero-order valence-electron chi connectivity index (χ0n) is 14.8. The minimum Gasteiger partial charge on any atom is -0.462 e. The molecule has 2 heterocycles. The average molecular weight is 409 g/mol. The van der Waals surface area contributed by atoms with Gasteiger partial charge in [0.1, 0.15) is 0 Å². The summed E-state index contributed by atoms with van der Waals surface area (Å²) in [6.45, 7) is 3.80. The number of benzene rings is 1. The van der Waals surface area contributed by atoms with Gasteiger partial charge >= 0.3 is 5.97 Å². The van der Waals surface area contributed by atoms with E-state index in [4.69, 9.17) is 4.74 Å². The van der Waals surface area contributed by atoms with Gasteiger partial charge in [0, 0.05) is 26.2 Å². The number of anilines is 1. The number of aldehydes is 1. The van der Waals surface area contributed by atoms with Crippen LogP contribution in [0.3, 0.4) is 0 Å². The second-order valence-electron chi connectivity index (χ2n) is 5.93. The summed E-state index contributed by atoms with van der Waals surface area (Å²) in [5, 5.41) is 0.966. The Morgan fingerprint density at radius 1 is 1.11 bits per heavy atom. The van der Waals surface area contributed by atoms with E-state index in [-0.39, 0.29) is 11.5 Å². The third kappa shape index (κ3) is 4.20. The summed E-state index contributed by atoms with van der Waals surface area (Å²) in [4.78, 5) is 25.4. The molecule has 0 saturated carbocycles. The lowest BCUT2D eigenvalue weighted by atomic mass is 10.2. The number of esters is 1. The van der Waals surface area contributed by atoms with Gasteiger partial charge in [-0.3, -0.25) is 4.79 Å². The Balaban J connectivity index is 1.67. The topological polar surface area (TPSA) is 84.0 Å². The Kier molecular flexibility index (Phi) is 5.93. The van der Waals surface area contributed by atoms with E-state index in [1.165, 1.54) is 39.9 Å². The molecule has 0 spiro atoms. The maximum absolute atomic E-state index is 12.8. The Labute approximate surface area is 162 Å². The van der Waals surface area contributed by atoms with Crippen LogP contribution in [0.25, 0.3) is 0 Å². The number of sulfonamides is 1. The van der Waals surface area contributed by atoms with Gasteiger partial charge in [-0.25, -0.2) is 13.2 Å². The fourth-order valence-electron chi connectivity index (χ4n) is 2.85. The highest BCUT2D eigenvalue weighted by molar-refractivity contribution is 7.89.